The zero-order valence-corrected chi connectivity index (χ0v) is 28.3. The Balaban J connectivity index is 1.17. The van der Waals surface area contributed by atoms with Crippen LogP contribution in [0.25, 0.3) is 6.08 Å². The Morgan fingerprint density at radius 2 is 1.63 bits per heavy atom. The predicted octanol–water partition coefficient (Wildman–Crippen LogP) is 6.31. The fourth-order valence-electron chi connectivity index (χ4n) is 6.84. The van der Waals surface area contributed by atoms with Gasteiger partial charge in [0.25, 0.3) is 11.5 Å². The van der Waals surface area contributed by atoms with Gasteiger partial charge < -0.3 is 24.6 Å². The van der Waals surface area contributed by atoms with Crippen molar-refractivity contribution in [2.45, 2.75) is 50.4 Å². The molecule has 3 aliphatic heterocycles. The standard InChI is InChI=1S/C37H36F6N4O5/c1-3-7-25-20-28(35(36(38,39)40,37(41,42)43)52-23-24-8-5-4-6-9-24)10-12-29(25)45-15-17-46(18-16-45)31(48)22-47-32(49)34(2,44-33(47)50)27-11-13-30-26(21-27)14-19-51-30/h3-13,20-21H,14-19,22-23H2,1-2H3,(H,44,50)/b7-3-. The molecule has 52 heavy (non-hydrogen) atoms. The van der Waals surface area contributed by atoms with Crippen molar-refractivity contribution in [1.29, 1.82) is 0 Å². The second kappa shape index (κ2) is 13.8. The maximum Gasteiger partial charge on any atom is 0.430 e. The minimum atomic E-state index is -5.86. The Morgan fingerprint density at radius 1 is 0.942 bits per heavy atom. The van der Waals surface area contributed by atoms with E-state index in [-0.39, 0.29) is 37.3 Å². The minimum Gasteiger partial charge on any atom is -0.493 e. The molecular weight excluding hydrogens is 694 g/mol. The van der Waals surface area contributed by atoms with Gasteiger partial charge in [-0.15, -0.1) is 0 Å². The summed E-state index contributed by atoms with van der Waals surface area (Å²) in [5.41, 5.74) is -5.05. The number of nitrogens with one attached hydrogen (secondary N) is 1. The monoisotopic (exact) mass is 730 g/mol. The molecule has 9 nitrogen and oxygen atoms in total. The number of carbonyl (C=O) groups excluding carboxylic acids is 3. The molecule has 0 saturated carbocycles. The summed E-state index contributed by atoms with van der Waals surface area (Å²) < 4.78 is 97.7. The number of imide groups is 1. The summed E-state index contributed by atoms with van der Waals surface area (Å²) in [7, 11) is 0. The summed E-state index contributed by atoms with van der Waals surface area (Å²) in [5.74, 6) is -0.358. The van der Waals surface area contributed by atoms with Crippen molar-refractivity contribution in [2.24, 2.45) is 0 Å². The molecule has 3 aliphatic rings. The molecule has 0 aliphatic carbocycles. The van der Waals surface area contributed by atoms with Crippen molar-refractivity contribution >= 4 is 29.6 Å². The highest BCUT2D eigenvalue weighted by Gasteiger charge is 2.73. The highest BCUT2D eigenvalue weighted by molar-refractivity contribution is 6.09. The van der Waals surface area contributed by atoms with Gasteiger partial charge in [0.2, 0.25) is 5.91 Å². The van der Waals surface area contributed by atoms with Gasteiger partial charge in [0.15, 0.2) is 0 Å². The first-order valence-corrected chi connectivity index (χ1v) is 16.6. The third kappa shape index (κ3) is 6.57. The fraction of sp³-hybridized carbons (Fsp3) is 0.378. The summed E-state index contributed by atoms with van der Waals surface area (Å²) in [5, 5.41) is 2.70. The molecule has 1 unspecified atom stereocenters. The van der Waals surface area contributed by atoms with E-state index in [9.17, 15) is 40.7 Å². The third-order valence-electron chi connectivity index (χ3n) is 9.69. The van der Waals surface area contributed by atoms with Crippen molar-refractivity contribution in [2.75, 3.05) is 44.2 Å². The Hall–Kier alpha value is -5.05. The lowest BCUT2D eigenvalue weighted by molar-refractivity contribution is -0.392. The number of halogens is 6. The lowest BCUT2D eigenvalue weighted by atomic mass is 9.89. The van der Waals surface area contributed by atoms with Crippen LogP contribution in [-0.4, -0.2) is 79.3 Å². The number of allylic oxidation sites excluding steroid dienone is 1. The molecule has 2 fully saturated rings. The van der Waals surface area contributed by atoms with Crippen LogP contribution in [0.2, 0.25) is 0 Å². The van der Waals surface area contributed by atoms with Crippen LogP contribution in [0.3, 0.4) is 0 Å². The number of piperazine rings is 1. The van der Waals surface area contributed by atoms with Crippen molar-refractivity contribution in [3.63, 3.8) is 0 Å². The topological polar surface area (TPSA) is 91.4 Å². The SMILES string of the molecule is C/C=C\c1cc(C(OCc2ccccc2)(C(F)(F)F)C(F)(F)F)ccc1N1CCN(C(=O)CN2C(=O)NC(C)(c3ccc4c(c3)CCO4)C2=O)CC1. The Kier molecular flexibility index (Phi) is 9.77. The van der Waals surface area contributed by atoms with Gasteiger partial charge in [0.05, 0.1) is 13.2 Å². The van der Waals surface area contributed by atoms with Crippen LogP contribution in [0.1, 0.15) is 41.7 Å². The lowest BCUT2D eigenvalue weighted by Gasteiger charge is -2.39. The summed E-state index contributed by atoms with van der Waals surface area (Å²) in [6.07, 6.45) is -8.14. The van der Waals surface area contributed by atoms with Gasteiger partial charge >= 0.3 is 18.4 Å². The second-order valence-electron chi connectivity index (χ2n) is 13.0. The molecule has 2 saturated heterocycles. The molecule has 1 atom stereocenters. The molecular formula is C37H36F6N4O5. The maximum atomic E-state index is 14.6. The molecule has 3 aromatic carbocycles. The largest absolute Gasteiger partial charge is 0.493 e. The van der Waals surface area contributed by atoms with E-state index in [1.54, 1.807) is 36.9 Å². The van der Waals surface area contributed by atoms with E-state index in [0.29, 0.717) is 30.0 Å². The van der Waals surface area contributed by atoms with Gasteiger partial charge in [-0.2, -0.15) is 26.3 Å². The molecule has 15 heteroatoms. The highest BCUT2D eigenvalue weighted by Crippen LogP contribution is 2.54. The first kappa shape index (κ1) is 36.7. The number of ether oxygens (including phenoxy) is 2. The Bertz CT molecular complexity index is 1860. The number of hydrogen-bond acceptors (Lipinski definition) is 6. The van der Waals surface area contributed by atoms with Crippen LogP contribution in [0.5, 0.6) is 5.75 Å². The van der Waals surface area contributed by atoms with E-state index in [1.807, 2.05) is 6.07 Å². The van der Waals surface area contributed by atoms with Crippen molar-refractivity contribution in [1.82, 2.24) is 15.1 Å². The van der Waals surface area contributed by atoms with Crippen molar-refractivity contribution in [3.8, 4) is 5.75 Å². The normalized spacial score (nSPS) is 19.7. The number of carbonyl (C=O) groups is 3. The smallest absolute Gasteiger partial charge is 0.430 e. The molecule has 6 rings (SSSR count). The quantitative estimate of drug-likeness (QED) is 0.205. The van der Waals surface area contributed by atoms with E-state index < -0.39 is 60.1 Å². The Labute approximate surface area is 295 Å². The first-order chi connectivity index (χ1) is 24.6. The number of fused-ring (bicyclic) bond motifs is 1. The van der Waals surface area contributed by atoms with Crippen LogP contribution in [0.4, 0.5) is 36.8 Å². The molecule has 276 valence electrons. The molecule has 3 heterocycles. The summed E-state index contributed by atoms with van der Waals surface area (Å²) in [6.45, 7) is 2.83. The minimum absolute atomic E-state index is 0.0951. The number of benzene rings is 3. The first-order valence-electron chi connectivity index (χ1n) is 16.6. The van der Waals surface area contributed by atoms with Crippen LogP contribution < -0.4 is 15.0 Å². The average molecular weight is 731 g/mol. The lowest BCUT2D eigenvalue weighted by Crippen LogP contribution is -2.56. The molecule has 0 spiro atoms. The van der Waals surface area contributed by atoms with Gasteiger partial charge in [-0.3, -0.25) is 14.5 Å². The molecule has 3 aromatic rings. The highest BCUT2D eigenvalue weighted by atomic mass is 19.4. The van der Waals surface area contributed by atoms with E-state index in [4.69, 9.17) is 9.47 Å². The molecule has 0 radical (unpaired) electrons. The average Bonchev–Trinajstić information content (AvgIpc) is 3.66. The van der Waals surface area contributed by atoms with Gasteiger partial charge in [-0.25, -0.2) is 4.79 Å². The van der Waals surface area contributed by atoms with Gasteiger partial charge in [-0.1, -0.05) is 54.6 Å². The van der Waals surface area contributed by atoms with Crippen LogP contribution >= 0.6 is 0 Å². The van der Waals surface area contributed by atoms with E-state index in [2.05, 4.69) is 5.32 Å². The van der Waals surface area contributed by atoms with Crippen LogP contribution in [0.15, 0.2) is 72.8 Å². The van der Waals surface area contributed by atoms with E-state index in [0.717, 1.165) is 22.6 Å². The Morgan fingerprint density at radius 3 is 2.29 bits per heavy atom. The molecule has 0 aromatic heterocycles. The summed E-state index contributed by atoms with van der Waals surface area (Å²) in [4.78, 5) is 43.9. The summed E-state index contributed by atoms with van der Waals surface area (Å²) >= 11 is 0. The number of rotatable bonds is 9. The van der Waals surface area contributed by atoms with Gasteiger partial charge in [0.1, 0.15) is 17.8 Å². The fourth-order valence-corrected chi connectivity index (χ4v) is 6.84. The predicted molar refractivity (Wildman–Crippen MR) is 178 cm³/mol. The summed E-state index contributed by atoms with van der Waals surface area (Å²) in [6, 6.07) is 14.6. The number of anilines is 1. The zero-order chi connectivity index (χ0) is 37.5. The molecule has 4 amide bonds. The maximum absolute atomic E-state index is 14.6. The van der Waals surface area contributed by atoms with Crippen LogP contribution in [-0.2, 0) is 38.5 Å². The number of amides is 4. The zero-order valence-electron chi connectivity index (χ0n) is 28.3. The van der Waals surface area contributed by atoms with Crippen molar-refractivity contribution < 1.29 is 50.2 Å². The van der Waals surface area contributed by atoms with Gasteiger partial charge in [-0.05, 0) is 60.4 Å². The number of alkyl halides is 6. The number of urea groups is 1. The van der Waals surface area contributed by atoms with Crippen molar-refractivity contribution in [3.05, 3.63) is 101 Å². The van der Waals surface area contributed by atoms with Gasteiger partial charge in [0, 0.05) is 43.9 Å². The third-order valence-corrected chi connectivity index (χ3v) is 9.69. The molecule has 0 bridgehead atoms. The number of hydrogen-bond donors (Lipinski definition) is 1. The van der Waals surface area contributed by atoms with Crippen LogP contribution in [0, 0.1) is 0 Å². The molecule has 1 N–H and O–H groups in total. The second-order valence-corrected chi connectivity index (χ2v) is 13.0. The van der Waals surface area contributed by atoms with E-state index in [1.165, 1.54) is 47.4 Å². The number of nitrogens with zero attached hydrogens (tertiary/aromatic N) is 3. The van der Waals surface area contributed by atoms with E-state index >= 15 is 0 Å².